The van der Waals surface area contributed by atoms with E-state index in [0.717, 1.165) is 16.7 Å². The lowest BCUT2D eigenvalue weighted by atomic mass is 9.77. The molecule has 1 saturated heterocycles. The number of aromatic nitrogens is 3. The van der Waals surface area contributed by atoms with Gasteiger partial charge in [0.1, 0.15) is 33.9 Å². The van der Waals surface area contributed by atoms with Gasteiger partial charge in [-0.2, -0.15) is 5.10 Å². The minimum absolute atomic E-state index is 0.0179. The van der Waals surface area contributed by atoms with Crippen LogP contribution in [-0.2, 0) is 45.6 Å². The monoisotopic (exact) mass is 1090 g/mol. The van der Waals surface area contributed by atoms with Crippen LogP contribution in [0.4, 0.5) is 5.13 Å². The van der Waals surface area contributed by atoms with Crippen molar-refractivity contribution in [1.82, 2.24) is 25.0 Å². The summed E-state index contributed by atoms with van der Waals surface area (Å²) in [6.45, 7) is 8.12. The molecule has 2 atom stereocenters. The maximum Gasteiger partial charge on any atom is 0.356 e. The van der Waals surface area contributed by atoms with Crippen molar-refractivity contribution in [3.05, 3.63) is 237 Å². The second kappa shape index (κ2) is 22.2. The third-order valence-electron chi connectivity index (χ3n) is 13.2. The first-order chi connectivity index (χ1) is 38.0. The number of phenolic OH excluding ortho intramolecular Hbond substituents is 1. The Hall–Kier alpha value is -8.87. The third kappa shape index (κ3) is 11.3. The molecule has 400 valence electrons. The number of aromatic hydroxyl groups is 1. The number of rotatable bonds is 17. The van der Waals surface area contributed by atoms with Crippen molar-refractivity contribution in [2.75, 3.05) is 11.1 Å². The Balaban J connectivity index is 0.994. The number of phenols is 1. The number of esters is 2. The van der Waals surface area contributed by atoms with Crippen LogP contribution in [0.1, 0.15) is 74.2 Å². The second-order valence-electron chi connectivity index (χ2n) is 20.4. The summed E-state index contributed by atoms with van der Waals surface area (Å²) >= 11 is 2.54. The van der Waals surface area contributed by atoms with E-state index in [1.165, 1.54) is 60.2 Å². The molecule has 2 amide bonds. The fraction of sp³-hybridized carbons (Fsp3) is 0.213. The number of ether oxygens (including phenoxy) is 2. The van der Waals surface area contributed by atoms with E-state index in [1.54, 1.807) is 37.0 Å². The summed E-state index contributed by atoms with van der Waals surface area (Å²) in [4.78, 5) is 82.6. The average molecular weight is 1090 g/mol. The molecular weight excluding hydrogens is 1040 g/mol. The zero-order valence-corrected chi connectivity index (χ0v) is 45.4. The number of thioether (sulfide) groups is 1. The molecular formula is C61H55N7O9S2. The van der Waals surface area contributed by atoms with Crippen molar-refractivity contribution < 1.29 is 38.6 Å². The van der Waals surface area contributed by atoms with Crippen LogP contribution in [0.5, 0.6) is 5.75 Å². The van der Waals surface area contributed by atoms with E-state index in [9.17, 15) is 29.1 Å². The average Bonchev–Trinajstić information content (AvgIpc) is 4.08. The van der Waals surface area contributed by atoms with Crippen molar-refractivity contribution >= 4 is 57.7 Å². The van der Waals surface area contributed by atoms with E-state index in [-0.39, 0.29) is 29.4 Å². The van der Waals surface area contributed by atoms with E-state index in [4.69, 9.17) is 19.3 Å². The molecule has 0 saturated carbocycles. The molecule has 6 aromatic rings. The van der Waals surface area contributed by atoms with E-state index < -0.39 is 69.2 Å². The van der Waals surface area contributed by atoms with Gasteiger partial charge in [0.2, 0.25) is 11.0 Å². The number of nitrogens with zero attached hydrogens (tertiary/aromatic N) is 5. The number of β-lactam (4-membered cyclic amide) rings is 1. The molecule has 4 heterocycles. The molecule has 0 radical (unpaired) electrons. The number of fused-ring (bicyclic) bond motifs is 2. The Bertz CT molecular complexity index is 3490. The van der Waals surface area contributed by atoms with E-state index >= 15 is 0 Å². The van der Waals surface area contributed by atoms with Gasteiger partial charge in [-0.15, -0.1) is 23.1 Å². The molecule has 1 aromatic heterocycles. The Morgan fingerprint density at radius 2 is 1.33 bits per heavy atom. The molecule has 1 fully saturated rings. The number of carbonyl (C=O) groups is 4. The molecule has 3 N–H and O–H groups in total. The van der Waals surface area contributed by atoms with Crippen LogP contribution in [-0.4, -0.2) is 82.6 Å². The Morgan fingerprint density at radius 1 is 0.772 bits per heavy atom. The van der Waals surface area contributed by atoms with Crippen molar-refractivity contribution in [2.24, 2.45) is 5.16 Å². The first-order valence-electron chi connectivity index (χ1n) is 25.4. The molecule has 0 spiro atoms. The number of nitrogens with one attached hydrogen (secondary N) is 2. The number of thiazole rings is 1. The van der Waals surface area contributed by atoms with E-state index in [1.807, 2.05) is 152 Å². The molecule has 0 bridgehead atoms. The molecule has 3 aliphatic heterocycles. The predicted octanol–water partition coefficient (Wildman–Crippen LogP) is 9.44. The molecule has 79 heavy (non-hydrogen) atoms. The summed E-state index contributed by atoms with van der Waals surface area (Å²) in [5.41, 5.74) is 1.30. The van der Waals surface area contributed by atoms with Crippen LogP contribution in [0.25, 0.3) is 11.1 Å². The van der Waals surface area contributed by atoms with Crippen molar-refractivity contribution in [1.29, 1.82) is 0 Å². The van der Waals surface area contributed by atoms with Gasteiger partial charge in [-0.3, -0.25) is 24.0 Å². The normalized spacial score (nSPS) is 15.7. The molecule has 10 rings (SSSR count). The highest BCUT2D eigenvalue weighted by Gasteiger charge is 2.55. The highest BCUT2D eigenvalue weighted by Crippen LogP contribution is 2.44. The van der Waals surface area contributed by atoms with Crippen LogP contribution in [0.15, 0.2) is 203 Å². The largest absolute Gasteiger partial charge is 0.504 e. The first kappa shape index (κ1) is 53.5. The van der Waals surface area contributed by atoms with Crippen molar-refractivity contribution in [3.8, 4) is 16.9 Å². The molecule has 16 nitrogen and oxygen atoms in total. The summed E-state index contributed by atoms with van der Waals surface area (Å²) in [6.07, 6.45) is 2.26. The van der Waals surface area contributed by atoms with Crippen molar-refractivity contribution in [2.45, 2.75) is 75.4 Å². The van der Waals surface area contributed by atoms with E-state index in [2.05, 4.69) is 20.9 Å². The molecule has 5 aromatic carbocycles. The SMILES string of the molecule is CC(C)(C)OC(=O)C(C)(C)O/N=C(\C(=O)NC1C(=O)N2C(C(=O)OC(c3ccccc3)c3ccccc3)=C(Cn3cc4cc(O)c(=O)cc-4cn3)CS[C@H]12)c1csc(NC(c2ccccc2)(c2ccccc2)c2ccccc2)n1. The summed E-state index contributed by atoms with van der Waals surface area (Å²) in [7, 11) is 0. The van der Waals surface area contributed by atoms with Gasteiger partial charge >= 0.3 is 11.9 Å². The lowest BCUT2D eigenvalue weighted by molar-refractivity contribution is -0.179. The fourth-order valence-corrected chi connectivity index (χ4v) is 11.5. The topological polar surface area (TPSA) is 204 Å². The molecule has 4 aliphatic rings. The standard InChI is InChI=1S/C61H55N7O9S2/c1-59(2,3)76-57(74)60(4,5)77-66-49(46-37-79-58(63-46)65-61(43-25-15-8-16-26-43,44-27-17-9-18-28-44)45-29-19-10-20-30-45)53(71)64-50-54(72)68-51(56(73)75-52(38-21-11-6-12-22-38)39-23-13-7-14-24-39)42(36-78-55(50)68)35-67-34-41-32-48(70)47(69)31-40(41)33-62-67/h6-34,37,50,52,55,70H,35-36H2,1-5H3,(H,63,65)(H,64,71)/b66-49-/t50?,55-/m1/s1. The highest BCUT2D eigenvalue weighted by molar-refractivity contribution is 8.00. The lowest BCUT2D eigenvalue weighted by Gasteiger charge is -2.49. The van der Waals surface area contributed by atoms with Gasteiger partial charge in [-0.25, -0.2) is 14.6 Å². The number of carbonyl (C=O) groups excluding carboxylic acids is 4. The quantitative estimate of drug-likeness (QED) is 0.0256. The lowest BCUT2D eigenvalue weighted by Crippen LogP contribution is -2.71. The number of hydrogen-bond acceptors (Lipinski definition) is 15. The summed E-state index contributed by atoms with van der Waals surface area (Å²) in [5.74, 6) is -3.20. The highest BCUT2D eigenvalue weighted by atomic mass is 32.2. The summed E-state index contributed by atoms with van der Waals surface area (Å²) < 4.78 is 13.6. The van der Waals surface area contributed by atoms with Crippen molar-refractivity contribution in [3.63, 3.8) is 0 Å². The minimum atomic E-state index is -1.69. The Morgan fingerprint density at radius 3 is 1.89 bits per heavy atom. The zero-order chi connectivity index (χ0) is 55.5. The Labute approximate surface area is 464 Å². The summed E-state index contributed by atoms with van der Waals surface area (Å²) in [6, 6.07) is 49.7. The minimum Gasteiger partial charge on any atom is -0.504 e. The summed E-state index contributed by atoms with van der Waals surface area (Å²) in [5, 5.41) is 26.9. The number of amides is 2. The van der Waals surface area contributed by atoms with Crippen LogP contribution < -0.4 is 16.1 Å². The van der Waals surface area contributed by atoms with E-state index in [0.29, 0.717) is 33.0 Å². The number of hydrogen-bond donors (Lipinski definition) is 3. The third-order valence-corrected chi connectivity index (χ3v) is 15.3. The van der Waals surface area contributed by atoms with Gasteiger partial charge in [-0.05, 0) is 80.1 Å². The van der Waals surface area contributed by atoms with Gasteiger partial charge in [0.25, 0.3) is 11.8 Å². The smallest absolute Gasteiger partial charge is 0.356 e. The van der Waals surface area contributed by atoms with Crippen LogP contribution in [0.2, 0.25) is 0 Å². The van der Waals surface area contributed by atoms with Crippen LogP contribution in [0, 0.1) is 0 Å². The molecule has 18 heteroatoms. The van der Waals surface area contributed by atoms with Gasteiger partial charge in [0, 0.05) is 28.5 Å². The molecule has 1 aliphatic carbocycles. The second-order valence-corrected chi connectivity index (χ2v) is 22.4. The first-order valence-corrected chi connectivity index (χ1v) is 27.3. The maximum atomic E-state index is 14.9. The number of benzene rings is 6. The van der Waals surface area contributed by atoms with Gasteiger partial charge < -0.3 is 30.1 Å². The zero-order valence-electron chi connectivity index (χ0n) is 43.7. The van der Waals surface area contributed by atoms with Gasteiger partial charge in [0.15, 0.2) is 22.7 Å². The van der Waals surface area contributed by atoms with Gasteiger partial charge in [-0.1, -0.05) is 157 Å². The molecule has 1 unspecified atom stereocenters. The number of anilines is 1. The predicted molar refractivity (Wildman–Crippen MR) is 302 cm³/mol. The number of oxime groups is 1. The Kier molecular flexibility index (Phi) is 15.1. The fourth-order valence-electron chi connectivity index (χ4n) is 9.37. The maximum absolute atomic E-state index is 14.9. The van der Waals surface area contributed by atoms with Crippen LogP contribution in [0.3, 0.4) is 0 Å². The van der Waals surface area contributed by atoms with Crippen LogP contribution >= 0.6 is 23.1 Å². The van der Waals surface area contributed by atoms with Gasteiger partial charge in [0.05, 0.1) is 12.7 Å².